The topological polar surface area (TPSA) is 0 Å². The lowest BCUT2D eigenvalue weighted by molar-refractivity contribution is 0.236. The van der Waals surface area contributed by atoms with Crippen LogP contribution in [-0.4, -0.2) is 0 Å². The van der Waals surface area contributed by atoms with Crippen molar-refractivity contribution in [3.63, 3.8) is 0 Å². The Morgan fingerprint density at radius 2 is 0.952 bits per heavy atom. The molecule has 0 aromatic heterocycles. The van der Waals surface area contributed by atoms with Crippen molar-refractivity contribution in [3.8, 4) is 0 Å². The third-order valence-corrected chi connectivity index (χ3v) is 6.73. The molecule has 2 aliphatic carbocycles. The summed E-state index contributed by atoms with van der Waals surface area (Å²) in [4.78, 5) is 0. The van der Waals surface area contributed by atoms with Gasteiger partial charge in [-0.1, -0.05) is 110 Å². The van der Waals surface area contributed by atoms with Crippen LogP contribution in [0.5, 0.6) is 0 Å². The van der Waals surface area contributed by atoms with E-state index in [1.807, 2.05) is 0 Å². The molecule has 0 aromatic carbocycles. The zero-order valence-electron chi connectivity index (χ0n) is 14.9. The van der Waals surface area contributed by atoms with Crippen molar-refractivity contribution in [3.05, 3.63) is 0 Å². The van der Waals surface area contributed by atoms with Crippen molar-refractivity contribution in [1.29, 1.82) is 0 Å². The monoisotopic (exact) mass is 292 g/mol. The van der Waals surface area contributed by atoms with Crippen LogP contribution >= 0.6 is 0 Å². The fraction of sp³-hybridized carbons (Fsp3) is 1.00. The predicted molar refractivity (Wildman–Crippen MR) is 94.6 cm³/mol. The van der Waals surface area contributed by atoms with E-state index in [0.717, 1.165) is 23.7 Å². The number of unbranched alkanes of at least 4 members (excludes halogenated alkanes) is 5. The van der Waals surface area contributed by atoms with Crippen molar-refractivity contribution in [1.82, 2.24) is 0 Å². The third-order valence-electron chi connectivity index (χ3n) is 6.73. The maximum absolute atomic E-state index is 2.49. The van der Waals surface area contributed by atoms with E-state index in [9.17, 15) is 0 Å². The highest BCUT2D eigenvalue weighted by Gasteiger charge is 2.22. The van der Waals surface area contributed by atoms with E-state index in [1.165, 1.54) is 96.3 Å². The van der Waals surface area contributed by atoms with Gasteiger partial charge in [-0.05, 0) is 23.7 Å². The summed E-state index contributed by atoms with van der Waals surface area (Å²) >= 11 is 0. The molecule has 4 atom stereocenters. The minimum Gasteiger partial charge on any atom is -0.0622 e. The van der Waals surface area contributed by atoms with Gasteiger partial charge >= 0.3 is 0 Å². The zero-order chi connectivity index (χ0) is 14.9. The van der Waals surface area contributed by atoms with Gasteiger partial charge in [-0.3, -0.25) is 0 Å². The molecule has 4 unspecified atom stereocenters. The molecule has 0 saturated heterocycles. The molecule has 2 rings (SSSR count). The molecule has 0 aromatic rings. The van der Waals surface area contributed by atoms with E-state index >= 15 is 0 Å². The minimum atomic E-state index is 1.02. The summed E-state index contributed by atoms with van der Waals surface area (Å²) < 4.78 is 0. The Morgan fingerprint density at radius 3 is 1.48 bits per heavy atom. The lowest BCUT2D eigenvalue weighted by Gasteiger charge is -2.28. The molecule has 0 radical (unpaired) electrons. The van der Waals surface area contributed by atoms with E-state index in [4.69, 9.17) is 0 Å². The molecule has 124 valence electrons. The zero-order valence-corrected chi connectivity index (χ0v) is 14.9. The maximum atomic E-state index is 2.49. The lowest BCUT2D eigenvalue weighted by Crippen LogP contribution is -2.16. The normalized spacial score (nSPS) is 33.4. The first-order valence-corrected chi connectivity index (χ1v) is 10.3. The van der Waals surface area contributed by atoms with Gasteiger partial charge in [0.05, 0.1) is 0 Å². The van der Waals surface area contributed by atoms with Crippen LogP contribution in [0.15, 0.2) is 0 Å². The van der Waals surface area contributed by atoms with Crippen LogP contribution in [0.4, 0.5) is 0 Å². The van der Waals surface area contributed by atoms with E-state index in [2.05, 4.69) is 13.8 Å². The molecule has 0 bridgehead atoms. The predicted octanol–water partition coefficient (Wildman–Crippen LogP) is 7.37. The Kier molecular flexibility index (Phi) is 8.19. The SMILES string of the molecule is CC1CCCCC1CCCCCCCCC1CCCC1C. The fourth-order valence-electron chi connectivity index (χ4n) is 4.99. The quantitative estimate of drug-likeness (QED) is 0.389. The summed E-state index contributed by atoms with van der Waals surface area (Å²) in [5.74, 6) is 4.20. The Bertz CT molecular complexity index is 257. The fourth-order valence-corrected chi connectivity index (χ4v) is 4.99. The van der Waals surface area contributed by atoms with Gasteiger partial charge in [-0.15, -0.1) is 0 Å². The van der Waals surface area contributed by atoms with E-state index in [-0.39, 0.29) is 0 Å². The second-order valence-corrected chi connectivity index (χ2v) is 8.39. The maximum Gasteiger partial charge on any atom is -0.0388 e. The first kappa shape index (κ1) is 17.4. The summed E-state index contributed by atoms with van der Waals surface area (Å²) in [7, 11) is 0. The molecular formula is C21H40. The highest BCUT2D eigenvalue weighted by molar-refractivity contribution is 4.74. The summed E-state index contributed by atoms with van der Waals surface area (Å²) in [6, 6.07) is 0. The Balaban J connectivity index is 1.38. The van der Waals surface area contributed by atoms with Crippen LogP contribution in [0.25, 0.3) is 0 Å². The van der Waals surface area contributed by atoms with Crippen molar-refractivity contribution in [2.24, 2.45) is 23.7 Å². The molecule has 21 heavy (non-hydrogen) atoms. The number of rotatable bonds is 9. The van der Waals surface area contributed by atoms with Gasteiger partial charge in [-0.2, -0.15) is 0 Å². The highest BCUT2D eigenvalue weighted by Crippen LogP contribution is 2.35. The van der Waals surface area contributed by atoms with Crippen LogP contribution in [0.1, 0.15) is 110 Å². The molecule has 0 nitrogen and oxygen atoms in total. The van der Waals surface area contributed by atoms with Gasteiger partial charge in [0.2, 0.25) is 0 Å². The summed E-state index contributed by atoms with van der Waals surface area (Å²) in [5, 5.41) is 0. The Hall–Kier alpha value is 0. The van der Waals surface area contributed by atoms with Crippen LogP contribution in [0.2, 0.25) is 0 Å². The van der Waals surface area contributed by atoms with Gasteiger partial charge < -0.3 is 0 Å². The summed E-state index contributed by atoms with van der Waals surface area (Å²) in [6.07, 6.45) is 22.7. The first-order chi connectivity index (χ1) is 10.3. The van der Waals surface area contributed by atoms with Gasteiger partial charge in [0.1, 0.15) is 0 Å². The Morgan fingerprint density at radius 1 is 0.524 bits per heavy atom. The molecule has 0 N–H and O–H groups in total. The van der Waals surface area contributed by atoms with Crippen molar-refractivity contribution >= 4 is 0 Å². The molecule has 0 amide bonds. The van der Waals surface area contributed by atoms with Crippen LogP contribution in [0.3, 0.4) is 0 Å². The molecule has 2 aliphatic rings. The Labute approximate surface area is 134 Å². The van der Waals surface area contributed by atoms with Gasteiger partial charge in [0.15, 0.2) is 0 Å². The van der Waals surface area contributed by atoms with Crippen LogP contribution in [0, 0.1) is 23.7 Å². The molecule has 0 heteroatoms. The van der Waals surface area contributed by atoms with Crippen molar-refractivity contribution in [2.75, 3.05) is 0 Å². The second-order valence-electron chi connectivity index (χ2n) is 8.39. The number of hydrogen-bond donors (Lipinski definition) is 0. The molecule has 2 fully saturated rings. The standard InChI is InChI=1S/C21H40/c1-18-12-9-10-16-20(18)14-7-5-3-4-6-8-15-21-17-11-13-19(21)2/h18-21H,3-17H2,1-2H3. The van der Waals surface area contributed by atoms with Gasteiger partial charge in [0, 0.05) is 0 Å². The van der Waals surface area contributed by atoms with Gasteiger partial charge in [0.25, 0.3) is 0 Å². The molecule has 2 saturated carbocycles. The molecule has 0 heterocycles. The van der Waals surface area contributed by atoms with Gasteiger partial charge in [-0.25, -0.2) is 0 Å². The van der Waals surface area contributed by atoms with E-state index < -0.39 is 0 Å². The molecule has 0 aliphatic heterocycles. The van der Waals surface area contributed by atoms with E-state index in [1.54, 1.807) is 0 Å². The van der Waals surface area contributed by atoms with Crippen molar-refractivity contribution in [2.45, 2.75) is 110 Å². The lowest BCUT2D eigenvalue weighted by atomic mass is 9.78. The third kappa shape index (κ3) is 6.33. The second kappa shape index (κ2) is 9.90. The first-order valence-electron chi connectivity index (χ1n) is 10.3. The summed E-state index contributed by atoms with van der Waals surface area (Å²) in [6.45, 7) is 4.97. The summed E-state index contributed by atoms with van der Waals surface area (Å²) in [5.41, 5.74) is 0. The average molecular weight is 293 g/mol. The molecule has 0 spiro atoms. The van der Waals surface area contributed by atoms with Crippen molar-refractivity contribution < 1.29 is 0 Å². The minimum absolute atomic E-state index is 1.02. The molecular weight excluding hydrogens is 252 g/mol. The van der Waals surface area contributed by atoms with Crippen LogP contribution < -0.4 is 0 Å². The van der Waals surface area contributed by atoms with E-state index in [0.29, 0.717) is 0 Å². The number of hydrogen-bond acceptors (Lipinski definition) is 0. The average Bonchev–Trinajstić information content (AvgIpc) is 2.89. The smallest absolute Gasteiger partial charge is 0.0388 e. The largest absolute Gasteiger partial charge is 0.0622 e. The highest BCUT2D eigenvalue weighted by atomic mass is 14.3. The van der Waals surface area contributed by atoms with Crippen LogP contribution in [-0.2, 0) is 0 Å².